The van der Waals surface area contributed by atoms with Crippen molar-refractivity contribution in [3.63, 3.8) is 0 Å². The molecule has 6 nitrogen and oxygen atoms in total. The molecule has 6 heteroatoms. The maximum atomic E-state index is 12.1. The fourth-order valence-electron chi connectivity index (χ4n) is 2.73. The second kappa shape index (κ2) is 4.91. The molecule has 2 fully saturated rings. The highest BCUT2D eigenvalue weighted by Crippen LogP contribution is 2.19. The first-order chi connectivity index (χ1) is 8.06. The van der Waals surface area contributed by atoms with Crippen LogP contribution in [0.4, 0.5) is 4.79 Å². The van der Waals surface area contributed by atoms with Crippen molar-refractivity contribution >= 4 is 11.9 Å². The Morgan fingerprint density at radius 3 is 2.47 bits per heavy atom. The lowest BCUT2D eigenvalue weighted by Crippen LogP contribution is -2.62. The summed E-state index contributed by atoms with van der Waals surface area (Å²) in [4.78, 5) is 24.7. The number of piperidine rings is 1. The lowest BCUT2D eigenvalue weighted by atomic mass is 9.94. The number of primary amides is 1. The van der Waals surface area contributed by atoms with Gasteiger partial charge in [0.25, 0.3) is 0 Å². The molecule has 4 N–H and O–H groups in total. The van der Waals surface area contributed by atoms with Crippen LogP contribution in [0.2, 0.25) is 0 Å². The summed E-state index contributed by atoms with van der Waals surface area (Å²) in [6.07, 6.45) is 3.48. The van der Waals surface area contributed by atoms with E-state index in [2.05, 4.69) is 10.6 Å². The molecule has 2 heterocycles. The van der Waals surface area contributed by atoms with Crippen LogP contribution in [0.1, 0.15) is 26.2 Å². The summed E-state index contributed by atoms with van der Waals surface area (Å²) in [6, 6.07) is -0.369. The summed E-state index contributed by atoms with van der Waals surface area (Å²) < 4.78 is 0. The maximum absolute atomic E-state index is 12.1. The number of nitrogens with two attached hydrogens (primary N) is 1. The standard InChI is InChI=1S/C11H20N4O2/c1-7(13-11(12)17)10(16)15-5-8-3-2-4-9(6-15)14-8/h7-9,14H,2-6H2,1H3,(H3,12,13,17). The van der Waals surface area contributed by atoms with Crippen molar-refractivity contribution in [3.05, 3.63) is 0 Å². The van der Waals surface area contributed by atoms with E-state index in [4.69, 9.17) is 5.73 Å². The predicted octanol–water partition coefficient (Wildman–Crippen LogP) is -0.604. The van der Waals surface area contributed by atoms with Gasteiger partial charge in [-0.1, -0.05) is 6.42 Å². The van der Waals surface area contributed by atoms with Crippen LogP contribution in [0.15, 0.2) is 0 Å². The topological polar surface area (TPSA) is 87.5 Å². The van der Waals surface area contributed by atoms with E-state index in [1.165, 1.54) is 6.42 Å². The van der Waals surface area contributed by atoms with E-state index in [9.17, 15) is 9.59 Å². The largest absolute Gasteiger partial charge is 0.352 e. The number of hydrogen-bond acceptors (Lipinski definition) is 3. The molecule has 0 aromatic rings. The number of amides is 3. The van der Waals surface area contributed by atoms with Crippen LogP contribution in [0, 0.1) is 0 Å². The zero-order valence-corrected chi connectivity index (χ0v) is 10.1. The summed E-state index contributed by atoms with van der Waals surface area (Å²) in [5, 5.41) is 5.94. The molecular weight excluding hydrogens is 220 g/mol. The number of carbonyl (C=O) groups is 2. The number of hydrogen-bond donors (Lipinski definition) is 3. The van der Waals surface area contributed by atoms with Crippen molar-refractivity contribution in [2.24, 2.45) is 5.73 Å². The monoisotopic (exact) mass is 240 g/mol. The van der Waals surface area contributed by atoms with Gasteiger partial charge in [-0.2, -0.15) is 0 Å². The Kier molecular flexibility index (Phi) is 3.51. The second-order valence-corrected chi connectivity index (χ2v) is 4.96. The predicted molar refractivity (Wildman–Crippen MR) is 63.3 cm³/mol. The average Bonchev–Trinajstić information content (AvgIpc) is 2.26. The summed E-state index contributed by atoms with van der Waals surface area (Å²) >= 11 is 0. The number of rotatable bonds is 2. The lowest BCUT2D eigenvalue weighted by molar-refractivity contribution is -0.135. The second-order valence-electron chi connectivity index (χ2n) is 4.96. The van der Waals surface area contributed by atoms with E-state index < -0.39 is 12.1 Å². The van der Waals surface area contributed by atoms with Gasteiger partial charge in [-0.25, -0.2) is 4.79 Å². The van der Waals surface area contributed by atoms with Crippen molar-refractivity contribution in [1.82, 2.24) is 15.5 Å². The smallest absolute Gasteiger partial charge is 0.312 e. The molecule has 0 aliphatic carbocycles. The number of nitrogens with zero attached hydrogens (tertiary/aromatic N) is 1. The highest BCUT2D eigenvalue weighted by molar-refractivity contribution is 5.86. The Morgan fingerprint density at radius 1 is 1.35 bits per heavy atom. The molecule has 2 rings (SSSR count). The molecule has 2 aliphatic rings. The van der Waals surface area contributed by atoms with Gasteiger partial charge in [-0.15, -0.1) is 0 Å². The van der Waals surface area contributed by atoms with E-state index in [0.29, 0.717) is 12.1 Å². The zero-order chi connectivity index (χ0) is 12.4. The quantitative estimate of drug-likeness (QED) is 0.602. The summed E-state index contributed by atoms with van der Waals surface area (Å²) in [5.41, 5.74) is 5.02. The third kappa shape index (κ3) is 2.88. The molecule has 0 aromatic heterocycles. The molecule has 0 saturated carbocycles. The van der Waals surface area contributed by atoms with E-state index in [1.807, 2.05) is 4.90 Å². The van der Waals surface area contributed by atoms with Crippen LogP contribution < -0.4 is 16.4 Å². The average molecular weight is 240 g/mol. The van der Waals surface area contributed by atoms with E-state index in [0.717, 1.165) is 25.9 Å². The molecule has 96 valence electrons. The zero-order valence-electron chi connectivity index (χ0n) is 10.1. The van der Waals surface area contributed by atoms with Gasteiger partial charge in [0.1, 0.15) is 6.04 Å². The minimum absolute atomic E-state index is 0.0396. The molecular formula is C11H20N4O2. The number of carbonyl (C=O) groups excluding carboxylic acids is 2. The summed E-state index contributed by atoms with van der Waals surface area (Å²) in [6.45, 7) is 3.14. The number of fused-ring (bicyclic) bond motifs is 2. The molecule has 2 aliphatic heterocycles. The molecule has 3 atom stereocenters. The number of urea groups is 1. The maximum Gasteiger partial charge on any atom is 0.312 e. The Labute approximate surface area is 101 Å². The fourth-order valence-corrected chi connectivity index (χ4v) is 2.73. The van der Waals surface area contributed by atoms with Crippen molar-refractivity contribution in [2.45, 2.75) is 44.3 Å². The molecule has 0 spiro atoms. The van der Waals surface area contributed by atoms with Crippen LogP contribution in [-0.2, 0) is 4.79 Å². The van der Waals surface area contributed by atoms with E-state index >= 15 is 0 Å². The minimum atomic E-state index is -0.652. The molecule has 2 bridgehead atoms. The van der Waals surface area contributed by atoms with Crippen LogP contribution in [-0.4, -0.2) is 48.1 Å². The van der Waals surface area contributed by atoms with Gasteiger partial charge >= 0.3 is 6.03 Å². The van der Waals surface area contributed by atoms with Gasteiger partial charge in [0, 0.05) is 25.2 Å². The van der Waals surface area contributed by atoms with Crippen molar-refractivity contribution in [3.8, 4) is 0 Å². The molecule has 0 aromatic carbocycles. The highest BCUT2D eigenvalue weighted by atomic mass is 16.2. The molecule has 17 heavy (non-hydrogen) atoms. The SMILES string of the molecule is CC(NC(N)=O)C(=O)N1CC2CCCC(C1)N2. The molecule has 3 amide bonds. The Balaban J connectivity index is 1.93. The minimum Gasteiger partial charge on any atom is -0.352 e. The fraction of sp³-hybridized carbons (Fsp3) is 0.818. The highest BCUT2D eigenvalue weighted by Gasteiger charge is 2.33. The van der Waals surface area contributed by atoms with Gasteiger partial charge < -0.3 is 21.3 Å². The first-order valence-corrected chi connectivity index (χ1v) is 6.17. The lowest BCUT2D eigenvalue weighted by Gasteiger charge is -2.43. The normalized spacial score (nSPS) is 29.6. The number of likely N-dealkylation sites (tertiary alicyclic amines) is 1. The van der Waals surface area contributed by atoms with Crippen LogP contribution >= 0.6 is 0 Å². The van der Waals surface area contributed by atoms with Crippen molar-refractivity contribution < 1.29 is 9.59 Å². The summed E-state index contributed by atoms with van der Waals surface area (Å²) in [7, 11) is 0. The van der Waals surface area contributed by atoms with Crippen molar-refractivity contribution in [2.75, 3.05) is 13.1 Å². The van der Waals surface area contributed by atoms with Crippen LogP contribution in [0.25, 0.3) is 0 Å². The molecule has 0 radical (unpaired) electrons. The van der Waals surface area contributed by atoms with Gasteiger partial charge in [0.15, 0.2) is 0 Å². The first kappa shape index (κ1) is 12.2. The third-order valence-electron chi connectivity index (χ3n) is 3.50. The number of piperazine rings is 1. The number of nitrogens with one attached hydrogen (secondary N) is 2. The van der Waals surface area contributed by atoms with Crippen molar-refractivity contribution in [1.29, 1.82) is 0 Å². The van der Waals surface area contributed by atoms with Gasteiger partial charge in [0.2, 0.25) is 5.91 Å². The molecule has 2 saturated heterocycles. The Bertz CT molecular complexity index is 309. The van der Waals surface area contributed by atoms with Gasteiger partial charge in [-0.3, -0.25) is 4.79 Å². The van der Waals surface area contributed by atoms with E-state index in [-0.39, 0.29) is 5.91 Å². The summed E-state index contributed by atoms with van der Waals surface area (Å²) in [5.74, 6) is -0.0396. The molecule has 3 unspecified atom stereocenters. The third-order valence-corrected chi connectivity index (χ3v) is 3.50. The van der Waals surface area contributed by atoms with Gasteiger partial charge in [0.05, 0.1) is 0 Å². The van der Waals surface area contributed by atoms with E-state index in [1.54, 1.807) is 6.92 Å². The van der Waals surface area contributed by atoms with Crippen LogP contribution in [0.3, 0.4) is 0 Å². The van der Waals surface area contributed by atoms with Crippen LogP contribution in [0.5, 0.6) is 0 Å². The Morgan fingerprint density at radius 2 is 1.94 bits per heavy atom. The Hall–Kier alpha value is -1.30. The van der Waals surface area contributed by atoms with Gasteiger partial charge in [-0.05, 0) is 19.8 Å². The first-order valence-electron chi connectivity index (χ1n) is 6.17.